The molecule has 2 atom stereocenters. The highest BCUT2D eigenvalue weighted by atomic mass is 14.9. The van der Waals surface area contributed by atoms with Gasteiger partial charge in [0.25, 0.3) is 0 Å². The SMILES string of the molecule is CCCC(CC)NC(C)C(CC)CC. The molecule has 1 heteroatoms. The number of hydrogen-bond donors (Lipinski definition) is 1. The van der Waals surface area contributed by atoms with Crippen molar-refractivity contribution in [3.63, 3.8) is 0 Å². The molecule has 0 saturated heterocycles. The molecular weight excluding hydrogens is 170 g/mol. The lowest BCUT2D eigenvalue weighted by atomic mass is 9.94. The Hall–Kier alpha value is -0.0400. The van der Waals surface area contributed by atoms with E-state index < -0.39 is 0 Å². The van der Waals surface area contributed by atoms with E-state index >= 15 is 0 Å². The molecular formula is C13H29N. The minimum absolute atomic E-state index is 0.682. The highest BCUT2D eigenvalue weighted by Gasteiger charge is 2.16. The van der Waals surface area contributed by atoms with Crippen molar-refractivity contribution in [3.8, 4) is 0 Å². The fourth-order valence-electron chi connectivity index (χ4n) is 2.26. The van der Waals surface area contributed by atoms with E-state index in [1.165, 1.54) is 32.1 Å². The average molecular weight is 199 g/mol. The van der Waals surface area contributed by atoms with Crippen molar-refractivity contribution in [1.82, 2.24) is 5.32 Å². The molecule has 1 nitrogen and oxygen atoms in total. The van der Waals surface area contributed by atoms with Crippen LogP contribution in [0.1, 0.15) is 66.7 Å². The summed E-state index contributed by atoms with van der Waals surface area (Å²) in [6, 6.07) is 1.41. The van der Waals surface area contributed by atoms with Gasteiger partial charge in [-0.15, -0.1) is 0 Å². The lowest BCUT2D eigenvalue weighted by Crippen LogP contribution is -2.40. The molecule has 0 fully saturated rings. The highest BCUT2D eigenvalue weighted by molar-refractivity contribution is 4.75. The molecule has 0 radical (unpaired) electrons. The summed E-state index contributed by atoms with van der Waals surface area (Å²) in [4.78, 5) is 0. The smallest absolute Gasteiger partial charge is 0.00693 e. The zero-order valence-electron chi connectivity index (χ0n) is 10.8. The molecule has 0 rings (SSSR count). The minimum Gasteiger partial charge on any atom is -0.311 e. The Kier molecular flexibility index (Phi) is 8.26. The fourth-order valence-corrected chi connectivity index (χ4v) is 2.26. The molecule has 14 heavy (non-hydrogen) atoms. The molecule has 0 aromatic carbocycles. The molecule has 0 aliphatic rings. The second-order valence-electron chi connectivity index (χ2n) is 4.43. The molecule has 86 valence electrons. The topological polar surface area (TPSA) is 12.0 Å². The lowest BCUT2D eigenvalue weighted by molar-refractivity contribution is 0.308. The molecule has 0 aromatic heterocycles. The predicted octanol–water partition coefficient (Wildman–Crippen LogP) is 3.98. The van der Waals surface area contributed by atoms with E-state index in [9.17, 15) is 0 Å². The fraction of sp³-hybridized carbons (Fsp3) is 1.00. The van der Waals surface area contributed by atoms with Crippen LogP contribution in [0.3, 0.4) is 0 Å². The van der Waals surface area contributed by atoms with E-state index in [1.807, 2.05) is 0 Å². The molecule has 0 amide bonds. The van der Waals surface area contributed by atoms with E-state index in [4.69, 9.17) is 0 Å². The van der Waals surface area contributed by atoms with Crippen molar-refractivity contribution >= 4 is 0 Å². The highest BCUT2D eigenvalue weighted by Crippen LogP contribution is 2.14. The van der Waals surface area contributed by atoms with E-state index in [-0.39, 0.29) is 0 Å². The second kappa shape index (κ2) is 8.28. The Morgan fingerprint density at radius 3 is 1.86 bits per heavy atom. The molecule has 0 aliphatic carbocycles. The number of nitrogens with one attached hydrogen (secondary N) is 1. The normalized spacial score (nSPS) is 15.9. The van der Waals surface area contributed by atoms with Crippen molar-refractivity contribution in [3.05, 3.63) is 0 Å². The Morgan fingerprint density at radius 1 is 0.929 bits per heavy atom. The molecule has 2 unspecified atom stereocenters. The zero-order chi connectivity index (χ0) is 11.0. The Balaban J connectivity index is 3.92. The van der Waals surface area contributed by atoms with Gasteiger partial charge in [0.15, 0.2) is 0 Å². The monoisotopic (exact) mass is 199 g/mol. The predicted molar refractivity (Wildman–Crippen MR) is 65.7 cm³/mol. The van der Waals surface area contributed by atoms with Gasteiger partial charge in [0.2, 0.25) is 0 Å². The van der Waals surface area contributed by atoms with Crippen molar-refractivity contribution in [1.29, 1.82) is 0 Å². The minimum atomic E-state index is 0.682. The van der Waals surface area contributed by atoms with Crippen molar-refractivity contribution in [2.24, 2.45) is 5.92 Å². The molecule has 0 aromatic rings. The Bertz CT molecular complexity index is 118. The summed E-state index contributed by atoms with van der Waals surface area (Å²) in [6.07, 6.45) is 6.47. The van der Waals surface area contributed by atoms with E-state index in [2.05, 4.69) is 39.9 Å². The second-order valence-corrected chi connectivity index (χ2v) is 4.43. The molecule has 0 bridgehead atoms. The van der Waals surface area contributed by atoms with E-state index in [0.29, 0.717) is 6.04 Å². The third-order valence-electron chi connectivity index (χ3n) is 3.38. The maximum Gasteiger partial charge on any atom is 0.00693 e. The van der Waals surface area contributed by atoms with Crippen molar-refractivity contribution in [2.45, 2.75) is 78.8 Å². The summed E-state index contributed by atoms with van der Waals surface area (Å²) in [6.45, 7) is 11.5. The summed E-state index contributed by atoms with van der Waals surface area (Å²) in [5.74, 6) is 0.848. The Labute approximate surface area is 90.7 Å². The maximum atomic E-state index is 3.77. The lowest BCUT2D eigenvalue weighted by Gasteiger charge is -2.27. The van der Waals surface area contributed by atoms with Crippen LogP contribution in [0.5, 0.6) is 0 Å². The van der Waals surface area contributed by atoms with Crippen molar-refractivity contribution in [2.75, 3.05) is 0 Å². The van der Waals surface area contributed by atoms with Crippen LogP contribution in [0.25, 0.3) is 0 Å². The summed E-state index contributed by atoms with van der Waals surface area (Å²) >= 11 is 0. The largest absolute Gasteiger partial charge is 0.311 e. The summed E-state index contributed by atoms with van der Waals surface area (Å²) < 4.78 is 0. The van der Waals surface area contributed by atoms with Gasteiger partial charge in [0.1, 0.15) is 0 Å². The van der Waals surface area contributed by atoms with Crippen LogP contribution in [0, 0.1) is 5.92 Å². The molecule has 1 N–H and O–H groups in total. The van der Waals surface area contributed by atoms with Crippen LogP contribution >= 0.6 is 0 Å². The van der Waals surface area contributed by atoms with Gasteiger partial charge in [-0.05, 0) is 25.7 Å². The van der Waals surface area contributed by atoms with Crippen molar-refractivity contribution < 1.29 is 0 Å². The quantitative estimate of drug-likeness (QED) is 0.623. The summed E-state index contributed by atoms with van der Waals surface area (Å²) in [5, 5.41) is 3.77. The standard InChI is InChI=1S/C13H29N/c1-6-10-13(9-4)14-11(5)12(7-2)8-3/h11-14H,6-10H2,1-5H3. The number of hydrogen-bond acceptors (Lipinski definition) is 1. The van der Waals surface area contributed by atoms with Gasteiger partial charge >= 0.3 is 0 Å². The third kappa shape index (κ3) is 4.99. The maximum absolute atomic E-state index is 3.77. The van der Waals surface area contributed by atoms with Gasteiger partial charge in [0.05, 0.1) is 0 Å². The first-order valence-electron chi connectivity index (χ1n) is 6.45. The number of rotatable bonds is 8. The Morgan fingerprint density at radius 2 is 1.50 bits per heavy atom. The first kappa shape index (κ1) is 14.0. The molecule has 0 heterocycles. The molecule has 0 aliphatic heterocycles. The van der Waals surface area contributed by atoms with Gasteiger partial charge in [-0.2, -0.15) is 0 Å². The van der Waals surface area contributed by atoms with E-state index in [1.54, 1.807) is 0 Å². The first-order valence-corrected chi connectivity index (χ1v) is 6.45. The van der Waals surface area contributed by atoms with E-state index in [0.717, 1.165) is 12.0 Å². The van der Waals surface area contributed by atoms with Gasteiger partial charge in [-0.25, -0.2) is 0 Å². The van der Waals surface area contributed by atoms with Crippen LogP contribution in [0.15, 0.2) is 0 Å². The summed E-state index contributed by atoms with van der Waals surface area (Å²) in [7, 11) is 0. The van der Waals surface area contributed by atoms with Gasteiger partial charge in [-0.3, -0.25) is 0 Å². The van der Waals surface area contributed by atoms with Crippen LogP contribution in [0.4, 0.5) is 0 Å². The van der Waals surface area contributed by atoms with Gasteiger partial charge < -0.3 is 5.32 Å². The first-order chi connectivity index (χ1) is 6.69. The van der Waals surface area contributed by atoms with Crippen LogP contribution < -0.4 is 5.32 Å². The molecule has 0 spiro atoms. The average Bonchev–Trinajstić information content (AvgIpc) is 2.19. The molecule has 0 saturated carbocycles. The zero-order valence-corrected chi connectivity index (χ0v) is 10.8. The van der Waals surface area contributed by atoms with Crippen LogP contribution in [-0.2, 0) is 0 Å². The van der Waals surface area contributed by atoms with Gasteiger partial charge in [0, 0.05) is 12.1 Å². The van der Waals surface area contributed by atoms with Crippen LogP contribution in [-0.4, -0.2) is 12.1 Å². The van der Waals surface area contributed by atoms with Crippen LogP contribution in [0.2, 0.25) is 0 Å². The summed E-state index contributed by atoms with van der Waals surface area (Å²) in [5.41, 5.74) is 0. The van der Waals surface area contributed by atoms with Gasteiger partial charge in [-0.1, -0.05) is 47.0 Å². The third-order valence-corrected chi connectivity index (χ3v) is 3.38.